The van der Waals surface area contributed by atoms with Crippen molar-refractivity contribution >= 4 is 0 Å². The van der Waals surface area contributed by atoms with E-state index in [1.54, 1.807) is 0 Å². The van der Waals surface area contributed by atoms with Gasteiger partial charge in [-0.05, 0) is 21.1 Å². The van der Waals surface area contributed by atoms with Crippen LogP contribution in [0.3, 0.4) is 0 Å². The Morgan fingerprint density at radius 2 is 1.58 bits per heavy atom. The molecule has 2 atom stereocenters. The van der Waals surface area contributed by atoms with Crippen LogP contribution in [0.25, 0.3) is 0 Å². The van der Waals surface area contributed by atoms with E-state index < -0.39 is 0 Å². The van der Waals surface area contributed by atoms with Crippen LogP contribution < -0.4 is 21.4 Å². The van der Waals surface area contributed by atoms with Gasteiger partial charge in [0.1, 0.15) is 0 Å². The van der Waals surface area contributed by atoms with Gasteiger partial charge in [0, 0.05) is 13.1 Å². The zero-order chi connectivity index (χ0) is 8.97. The number of hydrazine groups is 1. The van der Waals surface area contributed by atoms with E-state index in [0.717, 1.165) is 13.1 Å². The minimum absolute atomic E-state index is 0.348. The van der Waals surface area contributed by atoms with Crippen molar-refractivity contribution in [2.75, 3.05) is 34.2 Å². The van der Waals surface area contributed by atoms with Crippen LogP contribution in [-0.4, -0.2) is 51.6 Å². The van der Waals surface area contributed by atoms with Crippen LogP contribution in [0.5, 0.6) is 0 Å². The zero-order valence-electron chi connectivity index (χ0n) is 8.02. The number of rotatable bonds is 3. The number of nitrogens with zero attached hydrogens (tertiary/aromatic N) is 1. The number of piperazine rings is 1. The Kier molecular flexibility index (Phi) is 3.90. The molecule has 72 valence electrons. The van der Waals surface area contributed by atoms with Gasteiger partial charge in [-0.2, -0.15) is 0 Å². The summed E-state index contributed by atoms with van der Waals surface area (Å²) in [6, 6.07) is 0. The molecule has 0 aromatic rings. The number of nitrogens with one attached hydrogen (secondary N) is 4. The van der Waals surface area contributed by atoms with Gasteiger partial charge in [0.2, 0.25) is 0 Å². The number of likely N-dealkylation sites (N-methyl/N-ethyl adjacent to an activating group) is 2. The molecule has 1 aliphatic rings. The van der Waals surface area contributed by atoms with Gasteiger partial charge in [-0.25, -0.2) is 5.01 Å². The Labute approximate surface area is 73.9 Å². The van der Waals surface area contributed by atoms with Crippen molar-refractivity contribution in [1.29, 1.82) is 0 Å². The molecule has 0 aromatic heterocycles. The molecule has 1 heterocycles. The quantitative estimate of drug-likeness (QED) is 0.402. The smallest absolute Gasteiger partial charge is 0.0875 e. The molecule has 0 bridgehead atoms. The lowest BCUT2D eigenvalue weighted by Crippen LogP contribution is -2.68. The average molecular weight is 173 g/mol. The van der Waals surface area contributed by atoms with Crippen LogP contribution in [0.1, 0.15) is 0 Å². The molecule has 5 heteroatoms. The van der Waals surface area contributed by atoms with Crippen molar-refractivity contribution in [3.8, 4) is 0 Å². The highest BCUT2D eigenvalue weighted by Gasteiger charge is 2.26. The second-order valence-electron chi connectivity index (χ2n) is 2.90. The Balaban J connectivity index is 2.52. The predicted octanol–water partition coefficient (Wildman–Crippen LogP) is -1.88. The first-order valence-corrected chi connectivity index (χ1v) is 4.34. The van der Waals surface area contributed by atoms with Gasteiger partial charge >= 0.3 is 0 Å². The van der Waals surface area contributed by atoms with Gasteiger partial charge in [-0.15, -0.1) is 0 Å². The van der Waals surface area contributed by atoms with Gasteiger partial charge in [0.15, 0.2) is 0 Å². The van der Waals surface area contributed by atoms with Crippen molar-refractivity contribution in [3.63, 3.8) is 0 Å². The molecule has 5 nitrogen and oxygen atoms in total. The first-order chi connectivity index (χ1) is 5.83. The SMILES string of the molecule is CNC1CNCC(NC)N1NC. The highest BCUT2D eigenvalue weighted by molar-refractivity contribution is 4.80. The maximum Gasteiger partial charge on any atom is 0.0875 e. The van der Waals surface area contributed by atoms with E-state index >= 15 is 0 Å². The van der Waals surface area contributed by atoms with Crippen LogP contribution in [0, 0.1) is 0 Å². The maximum atomic E-state index is 3.34. The van der Waals surface area contributed by atoms with Gasteiger partial charge < -0.3 is 16.0 Å². The molecule has 0 aromatic carbocycles. The standard InChI is InChI=1S/C7H19N5/c1-8-6-4-11-5-7(9-2)12(6)10-3/h6-11H,4-5H2,1-3H3. The summed E-state index contributed by atoms with van der Waals surface area (Å²) in [6.45, 7) is 1.94. The maximum absolute atomic E-state index is 3.34. The molecule has 1 rings (SSSR count). The van der Waals surface area contributed by atoms with Crippen LogP contribution >= 0.6 is 0 Å². The molecular weight excluding hydrogens is 154 g/mol. The molecule has 0 saturated carbocycles. The van der Waals surface area contributed by atoms with Crippen LogP contribution in [0.15, 0.2) is 0 Å². The third kappa shape index (κ3) is 1.94. The van der Waals surface area contributed by atoms with Crippen molar-refractivity contribution in [2.45, 2.75) is 12.3 Å². The summed E-state index contributed by atoms with van der Waals surface area (Å²) in [5.74, 6) is 0. The Bertz CT molecular complexity index is 117. The highest BCUT2D eigenvalue weighted by atomic mass is 15.6. The molecule has 12 heavy (non-hydrogen) atoms. The largest absolute Gasteiger partial charge is 0.311 e. The van der Waals surface area contributed by atoms with Crippen LogP contribution in [-0.2, 0) is 0 Å². The van der Waals surface area contributed by atoms with Crippen LogP contribution in [0.2, 0.25) is 0 Å². The zero-order valence-corrected chi connectivity index (χ0v) is 8.02. The van der Waals surface area contributed by atoms with Crippen molar-refractivity contribution in [2.24, 2.45) is 0 Å². The Morgan fingerprint density at radius 3 is 1.92 bits per heavy atom. The Morgan fingerprint density at radius 1 is 1.08 bits per heavy atom. The fraction of sp³-hybridized carbons (Fsp3) is 1.00. The topological polar surface area (TPSA) is 51.4 Å². The summed E-state index contributed by atoms with van der Waals surface area (Å²) in [7, 11) is 5.88. The van der Waals surface area contributed by atoms with E-state index in [4.69, 9.17) is 0 Å². The minimum atomic E-state index is 0.348. The lowest BCUT2D eigenvalue weighted by atomic mass is 10.3. The second-order valence-corrected chi connectivity index (χ2v) is 2.90. The summed E-state index contributed by atoms with van der Waals surface area (Å²) in [5.41, 5.74) is 3.17. The van der Waals surface area contributed by atoms with E-state index in [1.165, 1.54) is 0 Å². The van der Waals surface area contributed by atoms with E-state index in [2.05, 4.69) is 26.4 Å². The van der Waals surface area contributed by atoms with E-state index in [0.29, 0.717) is 12.3 Å². The average Bonchev–Trinajstić information content (AvgIpc) is 2.16. The number of hydrogen-bond donors (Lipinski definition) is 4. The summed E-state index contributed by atoms with van der Waals surface area (Å²) in [5, 5.41) is 12.0. The van der Waals surface area contributed by atoms with E-state index in [9.17, 15) is 0 Å². The molecule has 1 aliphatic heterocycles. The van der Waals surface area contributed by atoms with Crippen molar-refractivity contribution in [3.05, 3.63) is 0 Å². The summed E-state index contributed by atoms with van der Waals surface area (Å²) in [6.07, 6.45) is 0.697. The first kappa shape index (κ1) is 9.88. The fourth-order valence-electron chi connectivity index (χ4n) is 1.56. The van der Waals surface area contributed by atoms with Gasteiger partial charge in [0.25, 0.3) is 0 Å². The second kappa shape index (κ2) is 4.74. The lowest BCUT2D eigenvalue weighted by Gasteiger charge is -2.41. The predicted molar refractivity (Wildman–Crippen MR) is 49.5 cm³/mol. The molecule has 0 aliphatic carbocycles. The van der Waals surface area contributed by atoms with Gasteiger partial charge in [-0.3, -0.25) is 5.43 Å². The first-order valence-electron chi connectivity index (χ1n) is 4.34. The molecule has 2 unspecified atom stereocenters. The van der Waals surface area contributed by atoms with E-state index in [1.807, 2.05) is 21.1 Å². The molecule has 1 fully saturated rings. The van der Waals surface area contributed by atoms with Gasteiger partial charge in [-0.1, -0.05) is 0 Å². The minimum Gasteiger partial charge on any atom is -0.311 e. The lowest BCUT2D eigenvalue weighted by molar-refractivity contribution is 0.0239. The molecule has 0 amide bonds. The third-order valence-electron chi connectivity index (χ3n) is 2.27. The fourth-order valence-corrected chi connectivity index (χ4v) is 1.56. The molecule has 1 saturated heterocycles. The summed E-state index contributed by atoms with van der Waals surface area (Å²) < 4.78 is 0. The third-order valence-corrected chi connectivity index (χ3v) is 2.27. The number of hydrogen-bond acceptors (Lipinski definition) is 5. The van der Waals surface area contributed by atoms with Gasteiger partial charge in [0.05, 0.1) is 12.3 Å². The monoisotopic (exact) mass is 173 g/mol. The van der Waals surface area contributed by atoms with Crippen molar-refractivity contribution in [1.82, 2.24) is 26.4 Å². The highest BCUT2D eigenvalue weighted by Crippen LogP contribution is 2.00. The van der Waals surface area contributed by atoms with E-state index in [-0.39, 0.29) is 0 Å². The summed E-state index contributed by atoms with van der Waals surface area (Å²) >= 11 is 0. The molecular formula is C7H19N5. The Hall–Kier alpha value is -0.200. The molecule has 0 radical (unpaired) electrons. The van der Waals surface area contributed by atoms with Crippen LogP contribution in [0.4, 0.5) is 0 Å². The molecule has 4 N–H and O–H groups in total. The normalized spacial score (nSPS) is 32.2. The molecule has 0 spiro atoms. The van der Waals surface area contributed by atoms with Crippen molar-refractivity contribution < 1.29 is 0 Å². The summed E-state index contributed by atoms with van der Waals surface area (Å²) in [4.78, 5) is 0.